The van der Waals surface area contributed by atoms with Crippen LogP contribution in [0.1, 0.15) is 10.4 Å². The molecule has 98 valence electrons. The second kappa shape index (κ2) is 6.83. The maximum absolute atomic E-state index is 11.0. The fraction of sp³-hybridized carbons (Fsp3) is 0.273. The molecular weight excluding hydrogens is 260 g/mol. The van der Waals surface area contributed by atoms with Gasteiger partial charge in [-0.15, -0.1) is 0 Å². The Morgan fingerprint density at radius 2 is 2.17 bits per heavy atom. The van der Waals surface area contributed by atoms with Crippen molar-refractivity contribution in [1.82, 2.24) is 0 Å². The number of nitrogens with two attached hydrogens (primary N) is 1. The van der Waals surface area contributed by atoms with Crippen LogP contribution < -0.4 is 11.1 Å². The van der Waals surface area contributed by atoms with Crippen LogP contribution in [0.25, 0.3) is 0 Å². The highest BCUT2D eigenvalue weighted by Gasteiger charge is 2.10. The van der Waals surface area contributed by atoms with Gasteiger partial charge in [0.15, 0.2) is 0 Å². The van der Waals surface area contributed by atoms with E-state index >= 15 is 0 Å². The Morgan fingerprint density at radius 3 is 2.78 bits per heavy atom. The molecular formula is C11H13ClN2O4. The first-order valence-corrected chi connectivity index (χ1v) is 5.51. The monoisotopic (exact) mass is 272 g/mol. The standard InChI is InChI=1S/C11H13ClN2O4/c12-7-1-2-9(8(5-7)11(16)17)14-3-4-18-6-10(13)15/h1-2,5,14H,3-4,6H2,(H2,13,15)(H,16,17). The van der Waals surface area contributed by atoms with Crippen molar-refractivity contribution in [2.45, 2.75) is 0 Å². The first-order valence-electron chi connectivity index (χ1n) is 5.13. The van der Waals surface area contributed by atoms with Crippen LogP contribution in [-0.4, -0.2) is 36.7 Å². The van der Waals surface area contributed by atoms with Crippen molar-refractivity contribution < 1.29 is 19.4 Å². The van der Waals surface area contributed by atoms with Crippen molar-refractivity contribution in [2.24, 2.45) is 5.73 Å². The average molecular weight is 273 g/mol. The van der Waals surface area contributed by atoms with Gasteiger partial charge in [-0.3, -0.25) is 4.79 Å². The molecule has 1 aromatic carbocycles. The molecule has 0 aliphatic heterocycles. The topological polar surface area (TPSA) is 102 Å². The van der Waals surface area contributed by atoms with E-state index in [1.54, 1.807) is 12.1 Å². The summed E-state index contributed by atoms with van der Waals surface area (Å²) in [5.74, 6) is -1.62. The van der Waals surface area contributed by atoms with Gasteiger partial charge >= 0.3 is 5.97 Å². The summed E-state index contributed by atoms with van der Waals surface area (Å²) < 4.78 is 4.93. The molecule has 0 aliphatic carbocycles. The zero-order valence-corrected chi connectivity index (χ0v) is 10.2. The van der Waals surface area contributed by atoms with E-state index in [1.165, 1.54) is 6.07 Å². The van der Waals surface area contributed by atoms with E-state index in [4.69, 9.17) is 27.2 Å². The van der Waals surface area contributed by atoms with Gasteiger partial charge in [0, 0.05) is 17.3 Å². The Labute approximate surface area is 109 Å². The fourth-order valence-electron chi connectivity index (χ4n) is 1.28. The Balaban J connectivity index is 2.51. The van der Waals surface area contributed by atoms with Crippen LogP contribution in [0.3, 0.4) is 0 Å². The van der Waals surface area contributed by atoms with Crippen LogP contribution in [0.2, 0.25) is 5.02 Å². The molecule has 4 N–H and O–H groups in total. The molecule has 0 spiro atoms. The summed E-state index contributed by atoms with van der Waals surface area (Å²) in [7, 11) is 0. The van der Waals surface area contributed by atoms with Crippen molar-refractivity contribution in [3.05, 3.63) is 28.8 Å². The summed E-state index contributed by atoms with van der Waals surface area (Å²) >= 11 is 5.71. The Hall–Kier alpha value is -1.79. The van der Waals surface area contributed by atoms with E-state index in [1.807, 2.05) is 0 Å². The van der Waals surface area contributed by atoms with E-state index in [0.717, 1.165) is 0 Å². The molecule has 0 bridgehead atoms. The van der Waals surface area contributed by atoms with Gasteiger partial charge in [0.05, 0.1) is 12.2 Å². The lowest BCUT2D eigenvalue weighted by molar-refractivity contribution is -0.122. The molecule has 0 aliphatic rings. The van der Waals surface area contributed by atoms with Crippen molar-refractivity contribution in [3.63, 3.8) is 0 Å². The number of nitrogens with one attached hydrogen (secondary N) is 1. The van der Waals surface area contributed by atoms with E-state index in [0.29, 0.717) is 17.3 Å². The molecule has 1 amide bonds. The highest BCUT2D eigenvalue weighted by Crippen LogP contribution is 2.20. The largest absolute Gasteiger partial charge is 0.478 e. The lowest BCUT2D eigenvalue weighted by atomic mass is 10.2. The van der Waals surface area contributed by atoms with Crippen molar-refractivity contribution in [1.29, 1.82) is 0 Å². The molecule has 0 atom stereocenters. The fourth-order valence-corrected chi connectivity index (χ4v) is 1.45. The molecule has 6 nitrogen and oxygen atoms in total. The lowest BCUT2D eigenvalue weighted by Gasteiger charge is -2.09. The summed E-state index contributed by atoms with van der Waals surface area (Å²) in [5.41, 5.74) is 5.41. The number of benzene rings is 1. The minimum atomic E-state index is -1.07. The number of rotatable bonds is 7. The van der Waals surface area contributed by atoms with Gasteiger partial charge in [-0.2, -0.15) is 0 Å². The van der Waals surface area contributed by atoms with Crippen LogP contribution in [0, 0.1) is 0 Å². The van der Waals surface area contributed by atoms with Gasteiger partial charge in [0.25, 0.3) is 0 Å². The molecule has 0 radical (unpaired) electrons. The van der Waals surface area contributed by atoms with Gasteiger partial charge < -0.3 is 20.9 Å². The number of carbonyl (C=O) groups is 2. The number of ether oxygens (including phenoxy) is 1. The third kappa shape index (κ3) is 4.60. The number of carboxylic acid groups (broad SMARTS) is 1. The van der Waals surface area contributed by atoms with E-state index < -0.39 is 11.9 Å². The molecule has 1 aromatic rings. The van der Waals surface area contributed by atoms with Gasteiger partial charge in [-0.05, 0) is 18.2 Å². The van der Waals surface area contributed by atoms with Crippen LogP contribution in [0.15, 0.2) is 18.2 Å². The molecule has 0 fully saturated rings. The SMILES string of the molecule is NC(=O)COCCNc1ccc(Cl)cc1C(=O)O. The first kappa shape index (κ1) is 14.3. The number of halogens is 1. The number of hydrogen-bond acceptors (Lipinski definition) is 4. The maximum atomic E-state index is 11.0. The van der Waals surface area contributed by atoms with Gasteiger partial charge in [0.2, 0.25) is 5.91 Å². The summed E-state index contributed by atoms with van der Waals surface area (Å²) in [5, 5.41) is 12.2. The zero-order valence-electron chi connectivity index (χ0n) is 9.48. The zero-order chi connectivity index (χ0) is 13.5. The third-order valence-corrected chi connectivity index (χ3v) is 2.25. The quantitative estimate of drug-likeness (QED) is 0.642. The summed E-state index contributed by atoms with van der Waals surface area (Å²) in [6.45, 7) is 0.438. The highest BCUT2D eigenvalue weighted by atomic mass is 35.5. The van der Waals surface area contributed by atoms with Crippen LogP contribution in [0.4, 0.5) is 5.69 Å². The number of primary amides is 1. The normalized spacial score (nSPS) is 10.1. The number of anilines is 1. The minimum absolute atomic E-state index is 0.0809. The van der Waals surface area contributed by atoms with Crippen molar-refractivity contribution in [2.75, 3.05) is 25.1 Å². The summed E-state index contributed by atoms with van der Waals surface area (Å²) in [4.78, 5) is 21.4. The average Bonchev–Trinajstić information content (AvgIpc) is 2.29. The van der Waals surface area contributed by atoms with Gasteiger partial charge in [0.1, 0.15) is 6.61 Å². The van der Waals surface area contributed by atoms with Crippen LogP contribution in [0.5, 0.6) is 0 Å². The lowest BCUT2D eigenvalue weighted by Crippen LogP contribution is -2.21. The molecule has 1 rings (SSSR count). The van der Waals surface area contributed by atoms with Gasteiger partial charge in [-0.1, -0.05) is 11.6 Å². The first-order chi connectivity index (χ1) is 8.50. The molecule has 0 heterocycles. The number of aromatic carboxylic acids is 1. The molecule has 18 heavy (non-hydrogen) atoms. The van der Waals surface area contributed by atoms with Gasteiger partial charge in [-0.25, -0.2) is 4.79 Å². The Bertz CT molecular complexity index is 451. The molecule has 0 saturated carbocycles. The second-order valence-corrected chi connectivity index (χ2v) is 3.88. The predicted octanol–water partition coefficient (Wildman–Crippen LogP) is 0.952. The Morgan fingerprint density at radius 1 is 1.44 bits per heavy atom. The number of carboxylic acids is 1. The molecule has 7 heteroatoms. The minimum Gasteiger partial charge on any atom is -0.478 e. The predicted molar refractivity (Wildman–Crippen MR) is 66.9 cm³/mol. The maximum Gasteiger partial charge on any atom is 0.337 e. The molecule has 0 unspecified atom stereocenters. The van der Waals surface area contributed by atoms with Crippen LogP contribution in [-0.2, 0) is 9.53 Å². The molecule has 0 aromatic heterocycles. The second-order valence-electron chi connectivity index (χ2n) is 3.44. The Kier molecular flexibility index (Phi) is 5.41. The number of hydrogen-bond donors (Lipinski definition) is 3. The summed E-state index contributed by atoms with van der Waals surface area (Å²) in [6.07, 6.45) is 0. The van der Waals surface area contributed by atoms with E-state index in [2.05, 4.69) is 5.32 Å². The summed E-state index contributed by atoms with van der Waals surface area (Å²) in [6, 6.07) is 4.51. The van der Waals surface area contributed by atoms with Crippen LogP contribution >= 0.6 is 11.6 Å². The van der Waals surface area contributed by atoms with E-state index in [-0.39, 0.29) is 18.8 Å². The number of carbonyl (C=O) groups excluding carboxylic acids is 1. The third-order valence-electron chi connectivity index (χ3n) is 2.02. The smallest absolute Gasteiger partial charge is 0.337 e. The molecule has 0 saturated heterocycles. The van der Waals surface area contributed by atoms with Crippen molar-refractivity contribution in [3.8, 4) is 0 Å². The highest BCUT2D eigenvalue weighted by molar-refractivity contribution is 6.31. The van der Waals surface area contributed by atoms with E-state index in [9.17, 15) is 9.59 Å². The van der Waals surface area contributed by atoms with Crippen molar-refractivity contribution >= 4 is 29.2 Å². The number of amides is 1.